The van der Waals surface area contributed by atoms with Crippen molar-refractivity contribution < 1.29 is 19.1 Å². The van der Waals surface area contributed by atoms with Crippen molar-refractivity contribution in [2.75, 3.05) is 6.54 Å². The van der Waals surface area contributed by atoms with Gasteiger partial charge < -0.3 is 9.47 Å². The van der Waals surface area contributed by atoms with E-state index < -0.39 is 11.9 Å². The molecule has 3 aromatic rings. The van der Waals surface area contributed by atoms with Crippen molar-refractivity contribution in [1.82, 2.24) is 0 Å². The van der Waals surface area contributed by atoms with Gasteiger partial charge in [-0.1, -0.05) is 66.7 Å². The van der Waals surface area contributed by atoms with E-state index in [9.17, 15) is 9.59 Å². The Kier molecular flexibility index (Phi) is 7.11. The molecule has 0 aliphatic heterocycles. The van der Waals surface area contributed by atoms with Crippen molar-refractivity contribution in [3.8, 4) is 11.5 Å². The third-order valence-corrected chi connectivity index (χ3v) is 4.28. The summed E-state index contributed by atoms with van der Waals surface area (Å²) in [6.45, 7) is 3.15. The third kappa shape index (κ3) is 5.88. The smallest absolute Gasteiger partial charge is 0.308 e. The van der Waals surface area contributed by atoms with Crippen LogP contribution in [-0.4, -0.2) is 24.2 Å². The Labute approximate surface area is 176 Å². The molecule has 0 atom stereocenters. The molecule has 0 N–H and O–H groups in total. The number of carbonyl (C=O) groups excluding carboxylic acids is 2. The Morgan fingerprint density at radius 3 is 1.80 bits per heavy atom. The predicted octanol–water partition coefficient (Wildman–Crippen LogP) is 4.62. The lowest BCUT2D eigenvalue weighted by Gasteiger charge is -2.11. The maximum Gasteiger partial charge on any atom is 0.308 e. The van der Waals surface area contributed by atoms with E-state index in [1.165, 1.54) is 13.8 Å². The molecule has 152 valence electrons. The molecule has 3 rings (SSSR count). The molecule has 0 bridgehead atoms. The molecule has 0 heterocycles. The zero-order valence-electron chi connectivity index (χ0n) is 17.0. The second kappa shape index (κ2) is 10.2. The second-order valence-electron chi connectivity index (χ2n) is 6.68. The summed E-state index contributed by atoms with van der Waals surface area (Å²) in [6, 6.07) is 25.3. The highest BCUT2D eigenvalue weighted by Gasteiger charge is 2.11. The quantitative estimate of drug-likeness (QED) is 0.329. The average molecular weight is 401 g/mol. The molecule has 5 heteroatoms. The molecule has 30 heavy (non-hydrogen) atoms. The van der Waals surface area contributed by atoms with Crippen LogP contribution in [0.5, 0.6) is 11.5 Å². The van der Waals surface area contributed by atoms with Crippen molar-refractivity contribution in [2.24, 2.45) is 4.99 Å². The van der Waals surface area contributed by atoms with E-state index in [1.807, 2.05) is 66.7 Å². The van der Waals surface area contributed by atoms with Crippen LogP contribution in [0.15, 0.2) is 83.9 Å². The van der Waals surface area contributed by atoms with Crippen LogP contribution >= 0.6 is 0 Å². The Morgan fingerprint density at radius 2 is 1.27 bits per heavy atom. The van der Waals surface area contributed by atoms with Crippen LogP contribution in [0.1, 0.15) is 30.5 Å². The minimum Gasteiger partial charge on any atom is -0.423 e. The van der Waals surface area contributed by atoms with E-state index in [0.29, 0.717) is 13.0 Å². The molecule has 0 saturated heterocycles. The van der Waals surface area contributed by atoms with Gasteiger partial charge in [-0.15, -0.1) is 0 Å². The number of carbonyl (C=O) groups is 2. The first-order chi connectivity index (χ1) is 14.5. The standard InChI is InChI=1S/C25H23NO4/c1-18(27)29-23-14-13-20(17-24(23)30-19(2)28)15-16-26-25(21-9-5-3-6-10-21)22-11-7-4-8-12-22/h3-14,17H,15-16H2,1-2H3. The van der Waals surface area contributed by atoms with Crippen LogP contribution in [0.2, 0.25) is 0 Å². The van der Waals surface area contributed by atoms with E-state index in [2.05, 4.69) is 0 Å². The Hall–Kier alpha value is -3.73. The molecule has 0 fully saturated rings. The van der Waals surface area contributed by atoms with Gasteiger partial charge in [0.05, 0.1) is 5.71 Å². The first-order valence-electron chi connectivity index (χ1n) is 9.68. The largest absolute Gasteiger partial charge is 0.423 e. The van der Waals surface area contributed by atoms with Crippen LogP contribution in [0, 0.1) is 0 Å². The summed E-state index contributed by atoms with van der Waals surface area (Å²) in [6.07, 6.45) is 0.637. The van der Waals surface area contributed by atoms with Crippen molar-refractivity contribution in [2.45, 2.75) is 20.3 Å². The SMILES string of the molecule is CC(=O)Oc1ccc(CCN=C(c2ccccc2)c2ccccc2)cc1OC(C)=O. The Bertz CT molecular complexity index is 1000. The monoisotopic (exact) mass is 401 g/mol. The van der Waals surface area contributed by atoms with Gasteiger partial charge in [0.15, 0.2) is 11.5 Å². The van der Waals surface area contributed by atoms with Gasteiger partial charge in [-0.3, -0.25) is 14.6 Å². The topological polar surface area (TPSA) is 65.0 Å². The highest BCUT2D eigenvalue weighted by molar-refractivity contribution is 6.12. The van der Waals surface area contributed by atoms with Crippen molar-refractivity contribution in [3.05, 3.63) is 95.6 Å². The van der Waals surface area contributed by atoms with Crippen LogP contribution in [0.4, 0.5) is 0 Å². The minimum atomic E-state index is -0.478. The second-order valence-corrected chi connectivity index (χ2v) is 6.68. The maximum atomic E-state index is 11.4. The number of ether oxygens (including phenoxy) is 2. The molecule has 0 unspecified atom stereocenters. The molecule has 0 saturated carbocycles. The van der Waals surface area contributed by atoms with Crippen LogP contribution < -0.4 is 9.47 Å². The minimum absolute atomic E-state index is 0.221. The number of nitrogens with zero attached hydrogens (tertiary/aromatic N) is 1. The maximum absolute atomic E-state index is 11.4. The van der Waals surface area contributed by atoms with Crippen molar-refractivity contribution in [1.29, 1.82) is 0 Å². The first-order valence-corrected chi connectivity index (χ1v) is 9.68. The van der Waals surface area contributed by atoms with E-state index in [1.54, 1.807) is 12.1 Å². The molecule has 0 aromatic heterocycles. The van der Waals surface area contributed by atoms with Gasteiger partial charge in [0.1, 0.15) is 0 Å². The highest BCUT2D eigenvalue weighted by Crippen LogP contribution is 2.29. The Balaban J connectivity index is 1.82. The lowest BCUT2D eigenvalue weighted by atomic mass is 10.0. The van der Waals surface area contributed by atoms with Gasteiger partial charge in [-0.05, 0) is 24.1 Å². The number of aliphatic imine (C=N–C) groups is 1. The summed E-state index contributed by atoms with van der Waals surface area (Å²) in [5.41, 5.74) is 3.95. The summed E-state index contributed by atoms with van der Waals surface area (Å²) in [7, 11) is 0. The zero-order valence-corrected chi connectivity index (χ0v) is 17.0. The molecular formula is C25H23NO4. The van der Waals surface area contributed by atoms with E-state index >= 15 is 0 Å². The fourth-order valence-corrected chi connectivity index (χ4v) is 3.02. The summed E-state index contributed by atoms with van der Waals surface area (Å²) in [5.74, 6) is -0.505. The predicted molar refractivity (Wildman–Crippen MR) is 116 cm³/mol. The fraction of sp³-hybridized carbons (Fsp3) is 0.160. The van der Waals surface area contributed by atoms with Gasteiger partial charge in [0.2, 0.25) is 0 Å². The number of rotatable bonds is 7. The molecule has 5 nitrogen and oxygen atoms in total. The molecule has 0 spiro atoms. The fourth-order valence-electron chi connectivity index (χ4n) is 3.02. The lowest BCUT2D eigenvalue weighted by molar-refractivity contribution is -0.134. The molecule has 3 aromatic carbocycles. The summed E-state index contributed by atoms with van der Waals surface area (Å²) >= 11 is 0. The average Bonchev–Trinajstić information content (AvgIpc) is 2.73. The van der Waals surface area contributed by atoms with Crippen LogP contribution in [0.25, 0.3) is 0 Å². The highest BCUT2D eigenvalue weighted by atomic mass is 16.6. The summed E-state index contributed by atoms with van der Waals surface area (Å²) in [4.78, 5) is 27.5. The van der Waals surface area contributed by atoms with E-state index in [0.717, 1.165) is 22.4 Å². The first kappa shape index (κ1) is 21.0. The lowest BCUT2D eigenvalue weighted by Crippen LogP contribution is -2.08. The van der Waals surface area contributed by atoms with Gasteiger partial charge in [-0.25, -0.2) is 0 Å². The number of hydrogen-bond acceptors (Lipinski definition) is 5. The van der Waals surface area contributed by atoms with Crippen LogP contribution in [-0.2, 0) is 16.0 Å². The van der Waals surface area contributed by atoms with Crippen molar-refractivity contribution in [3.63, 3.8) is 0 Å². The van der Waals surface area contributed by atoms with Crippen molar-refractivity contribution >= 4 is 17.7 Å². The van der Waals surface area contributed by atoms with E-state index in [-0.39, 0.29) is 11.5 Å². The zero-order chi connectivity index (χ0) is 21.3. The molecular weight excluding hydrogens is 378 g/mol. The van der Waals surface area contributed by atoms with Crippen LogP contribution in [0.3, 0.4) is 0 Å². The Morgan fingerprint density at radius 1 is 0.733 bits per heavy atom. The molecule has 0 aliphatic rings. The van der Waals surface area contributed by atoms with Gasteiger partial charge in [0, 0.05) is 31.5 Å². The summed E-state index contributed by atoms with van der Waals surface area (Å²) in [5, 5.41) is 0. The molecule has 0 aliphatic carbocycles. The third-order valence-electron chi connectivity index (χ3n) is 4.28. The van der Waals surface area contributed by atoms with Gasteiger partial charge in [-0.2, -0.15) is 0 Å². The number of benzene rings is 3. The van der Waals surface area contributed by atoms with Gasteiger partial charge >= 0.3 is 11.9 Å². The van der Waals surface area contributed by atoms with E-state index in [4.69, 9.17) is 14.5 Å². The molecule has 0 amide bonds. The normalized spacial score (nSPS) is 10.2. The summed E-state index contributed by atoms with van der Waals surface area (Å²) < 4.78 is 10.3. The molecule has 0 radical (unpaired) electrons. The van der Waals surface area contributed by atoms with Gasteiger partial charge in [0.25, 0.3) is 0 Å². The number of hydrogen-bond donors (Lipinski definition) is 0. The number of esters is 2.